The Morgan fingerprint density at radius 3 is 2.59 bits per heavy atom. The van der Waals surface area contributed by atoms with Crippen molar-refractivity contribution in [3.8, 4) is 5.75 Å². The van der Waals surface area contributed by atoms with Gasteiger partial charge in [0.05, 0.1) is 19.5 Å². The molecule has 9 nitrogen and oxygen atoms in total. The van der Waals surface area contributed by atoms with E-state index in [1.54, 1.807) is 12.5 Å². The van der Waals surface area contributed by atoms with Crippen molar-refractivity contribution in [2.45, 2.75) is 25.4 Å². The van der Waals surface area contributed by atoms with Gasteiger partial charge in [-0.2, -0.15) is 0 Å². The average Bonchev–Trinajstić information content (AvgIpc) is 3.38. The Hall–Kier alpha value is -2.47. The summed E-state index contributed by atoms with van der Waals surface area (Å²) in [5, 5.41) is 13.6. The molecule has 0 saturated carbocycles. The highest BCUT2D eigenvalue weighted by Gasteiger charge is 2.44. The van der Waals surface area contributed by atoms with Crippen molar-refractivity contribution >= 4 is 31.9 Å². The van der Waals surface area contributed by atoms with Crippen LogP contribution in [-0.4, -0.2) is 39.2 Å². The van der Waals surface area contributed by atoms with Crippen molar-refractivity contribution in [1.29, 1.82) is 0 Å². The molecule has 1 aromatic heterocycles. The fourth-order valence-electron chi connectivity index (χ4n) is 3.35. The van der Waals surface area contributed by atoms with Gasteiger partial charge in [-0.25, -0.2) is 4.98 Å². The number of rotatable bonds is 6. The van der Waals surface area contributed by atoms with Gasteiger partial charge in [0.15, 0.2) is 0 Å². The third-order valence-corrected chi connectivity index (χ3v) is 5.68. The first-order valence-electron chi connectivity index (χ1n) is 9.53. The van der Waals surface area contributed by atoms with E-state index in [0.29, 0.717) is 19.8 Å². The van der Waals surface area contributed by atoms with Gasteiger partial charge >= 0.3 is 0 Å². The van der Waals surface area contributed by atoms with Crippen LogP contribution in [0, 0.1) is 17.0 Å². The molecule has 1 aliphatic rings. The minimum atomic E-state index is -1.50. The zero-order valence-electron chi connectivity index (χ0n) is 17.1. The number of hydrogen-bond acceptors (Lipinski definition) is 6. The minimum absolute atomic E-state index is 0.171. The van der Waals surface area contributed by atoms with Gasteiger partial charge in [0.1, 0.15) is 18.5 Å². The summed E-state index contributed by atoms with van der Waals surface area (Å²) in [4.78, 5) is 12.5. The monoisotopic (exact) mass is 569 g/mol. The van der Waals surface area contributed by atoms with Crippen LogP contribution in [0.5, 0.6) is 5.75 Å². The first-order chi connectivity index (χ1) is 15.3. The van der Waals surface area contributed by atoms with Gasteiger partial charge in [-0.1, -0.05) is 37.9 Å². The van der Waals surface area contributed by atoms with E-state index in [1.807, 2.05) is 47.2 Å². The van der Waals surface area contributed by atoms with E-state index >= 15 is 0 Å². The Balaban J connectivity index is 0.000000668. The predicted molar refractivity (Wildman–Crippen MR) is 122 cm³/mol. The lowest BCUT2D eigenvalue weighted by atomic mass is 10.00. The summed E-state index contributed by atoms with van der Waals surface area (Å²) in [5.41, 5.74) is 2.11. The van der Waals surface area contributed by atoms with Crippen molar-refractivity contribution in [3.63, 3.8) is 0 Å². The summed E-state index contributed by atoms with van der Waals surface area (Å²) < 4.78 is 22.6. The fraction of sp³-hybridized carbons (Fsp3) is 0.286. The van der Waals surface area contributed by atoms with E-state index in [-0.39, 0.29) is 6.10 Å². The molecular formula is C21H21Br2N3O6. The van der Waals surface area contributed by atoms with Gasteiger partial charge in [-0.05, 0) is 48.9 Å². The van der Waals surface area contributed by atoms with Crippen molar-refractivity contribution in [2.24, 2.45) is 0 Å². The molecule has 0 aliphatic carbocycles. The van der Waals surface area contributed by atoms with Gasteiger partial charge in [0.25, 0.3) is 5.09 Å². The molecule has 1 aliphatic heterocycles. The van der Waals surface area contributed by atoms with Gasteiger partial charge in [-0.3, -0.25) is 0 Å². The second-order valence-electron chi connectivity index (χ2n) is 7.00. The average molecular weight is 571 g/mol. The molecule has 0 bridgehead atoms. The van der Waals surface area contributed by atoms with Gasteiger partial charge in [0, 0.05) is 26.9 Å². The summed E-state index contributed by atoms with van der Waals surface area (Å²) >= 11 is 6.96. The predicted octanol–water partition coefficient (Wildman–Crippen LogP) is 4.72. The van der Waals surface area contributed by atoms with E-state index in [0.717, 1.165) is 25.8 Å². The van der Waals surface area contributed by atoms with Crippen molar-refractivity contribution in [2.75, 3.05) is 13.2 Å². The fourth-order valence-corrected chi connectivity index (χ4v) is 4.09. The molecule has 2 heterocycles. The molecule has 4 rings (SSSR count). The molecule has 0 amide bonds. The van der Waals surface area contributed by atoms with Crippen LogP contribution < -0.4 is 4.74 Å². The molecule has 2 atom stereocenters. The Kier molecular flexibility index (Phi) is 8.24. The zero-order valence-corrected chi connectivity index (χ0v) is 20.2. The second-order valence-corrected chi connectivity index (χ2v) is 8.83. The Labute approximate surface area is 201 Å². The highest BCUT2D eigenvalue weighted by molar-refractivity contribution is 9.10. The standard InChI is InChI=1S/C21H20Br2N2O3.HNO3/c1-15-10-17(23)4-7-20(15)21(13-25-9-8-24-14-25)27-12-19(28-21)11-26-18-5-2-16(22)3-6-18;2-1(3)4/h2-10,14,19H,11-13H2,1H3;(H,2,3,4). The number of aryl methyl sites for hydroxylation is 1. The number of nitrogens with zero attached hydrogens (tertiary/aromatic N) is 3. The summed E-state index contributed by atoms with van der Waals surface area (Å²) in [6.07, 6.45) is 5.27. The summed E-state index contributed by atoms with van der Waals surface area (Å²) in [7, 11) is 0. The van der Waals surface area contributed by atoms with Crippen LogP contribution in [0.2, 0.25) is 0 Å². The molecule has 170 valence electrons. The maximum Gasteiger partial charge on any atom is 0.291 e. The summed E-state index contributed by atoms with van der Waals surface area (Å²) in [5.74, 6) is -0.0714. The highest BCUT2D eigenvalue weighted by atomic mass is 79.9. The lowest BCUT2D eigenvalue weighted by molar-refractivity contribution is -0.742. The van der Waals surface area contributed by atoms with E-state index in [2.05, 4.69) is 49.8 Å². The largest absolute Gasteiger partial charge is 0.491 e. The van der Waals surface area contributed by atoms with Crippen molar-refractivity contribution in [3.05, 3.63) is 91.4 Å². The first kappa shape index (κ1) is 24.2. The number of halogens is 2. The normalized spacial score (nSPS) is 19.8. The van der Waals surface area contributed by atoms with Crippen LogP contribution in [0.25, 0.3) is 0 Å². The quantitative estimate of drug-likeness (QED) is 0.337. The molecule has 0 radical (unpaired) electrons. The Morgan fingerprint density at radius 2 is 1.97 bits per heavy atom. The maximum atomic E-state index is 8.36. The molecule has 1 fully saturated rings. The van der Waals surface area contributed by atoms with Crippen LogP contribution in [-0.2, 0) is 21.8 Å². The molecule has 2 unspecified atom stereocenters. The van der Waals surface area contributed by atoms with Crippen LogP contribution in [0.3, 0.4) is 0 Å². The van der Waals surface area contributed by atoms with Crippen LogP contribution in [0.1, 0.15) is 11.1 Å². The molecule has 2 aromatic carbocycles. The third-order valence-electron chi connectivity index (χ3n) is 4.66. The third kappa shape index (κ3) is 6.52. The van der Waals surface area contributed by atoms with Crippen LogP contribution in [0.4, 0.5) is 0 Å². The molecule has 11 heteroatoms. The number of ether oxygens (including phenoxy) is 3. The summed E-state index contributed by atoms with van der Waals surface area (Å²) in [6, 6.07) is 13.9. The molecule has 1 saturated heterocycles. The topological polar surface area (TPSA) is 109 Å². The minimum Gasteiger partial charge on any atom is -0.491 e. The maximum absolute atomic E-state index is 8.36. The highest BCUT2D eigenvalue weighted by Crippen LogP contribution is 2.38. The van der Waals surface area contributed by atoms with Gasteiger partial charge in [0.2, 0.25) is 5.79 Å². The molecule has 0 spiro atoms. The molecular weight excluding hydrogens is 550 g/mol. The lowest BCUT2D eigenvalue weighted by Gasteiger charge is -2.30. The number of hydrogen-bond donors (Lipinski definition) is 1. The molecule has 1 N–H and O–H groups in total. The van der Waals surface area contributed by atoms with E-state index in [1.165, 1.54) is 0 Å². The molecule has 32 heavy (non-hydrogen) atoms. The second kappa shape index (κ2) is 10.9. The van der Waals surface area contributed by atoms with Gasteiger partial charge in [-0.15, -0.1) is 10.1 Å². The first-order valence-corrected chi connectivity index (χ1v) is 11.1. The van der Waals surface area contributed by atoms with Crippen LogP contribution in [0.15, 0.2) is 70.1 Å². The van der Waals surface area contributed by atoms with E-state index < -0.39 is 10.9 Å². The smallest absolute Gasteiger partial charge is 0.291 e. The molecule has 3 aromatic rings. The Bertz CT molecular complexity index is 1030. The summed E-state index contributed by atoms with van der Waals surface area (Å²) in [6.45, 7) is 3.46. The van der Waals surface area contributed by atoms with Crippen molar-refractivity contribution < 1.29 is 24.5 Å². The number of imidazole rings is 1. The SMILES string of the molecule is Cc1cc(Br)ccc1C1(Cn2ccnc2)OCC(COc2ccc(Br)cc2)O1.O=[N+]([O-])O. The lowest BCUT2D eigenvalue weighted by Crippen LogP contribution is -2.35. The van der Waals surface area contributed by atoms with Crippen LogP contribution >= 0.6 is 31.9 Å². The van der Waals surface area contributed by atoms with Crippen molar-refractivity contribution in [1.82, 2.24) is 9.55 Å². The number of benzene rings is 2. The van der Waals surface area contributed by atoms with E-state index in [9.17, 15) is 0 Å². The number of aromatic nitrogens is 2. The zero-order chi connectivity index (χ0) is 23.1. The van der Waals surface area contributed by atoms with Gasteiger partial charge < -0.3 is 24.0 Å². The Morgan fingerprint density at radius 1 is 1.28 bits per heavy atom. The van der Waals surface area contributed by atoms with E-state index in [4.69, 9.17) is 29.5 Å².